The minimum Gasteiger partial charge on any atom is -0.482 e. The van der Waals surface area contributed by atoms with Gasteiger partial charge < -0.3 is 15.0 Å². The molecule has 1 saturated heterocycles. The van der Waals surface area contributed by atoms with Crippen LogP contribution < -0.4 is 15.0 Å². The summed E-state index contributed by atoms with van der Waals surface area (Å²) in [5, 5.41) is 3.48. The fraction of sp³-hybridized carbons (Fsp3) is 0.409. The normalized spacial score (nSPS) is 14.7. The van der Waals surface area contributed by atoms with Gasteiger partial charge in [0.25, 0.3) is 5.91 Å². The maximum atomic E-state index is 12.2. The molecule has 3 rings (SSSR count). The monoisotopic (exact) mass is 387 g/mol. The quantitative estimate of drug-likeness (QED) is 0.767. The highest BCUT2D eigenvalue weighted by Crippen LogP contribution is 2.25. The highest BCUT2D eigenvalue weighted by molar-refractivity contribution is 6.32. The van der Waals surface area contributed by atoms with E-state index in [1.54, 1.807) is 11.0 Å². The number of ether oxygens (including phenoxy) is 1. The lowest BCUT2D eigenvalue weighted by atomic mass is 10.0. The number of benzene rings is 2. The Bertz CT molecular complexity index is 773. The van der Waals surface area contributed by atoms with Gasteiger partial charge >= 0.3 is 0 Å². The minimum atomic E-state index is -0.146. The van der Waals surface area contributed by atoms with Crippen LogP contribution in [0, 0.1) is 6.92 Å². The molecule has 0 radical (unpaired) electrons. The second kappa shape index (κ2) is 9.77. The molecule has 0 aliphatic carbocycles. The summed E-state index contributed by atoms with van der Waals surface area (Å²) < 4.78 is 5.57. The summed E-state index contributed by atoms with van der Waals surface area (Å²) in [6.45, 7) is 5.96. The van der Waals surface area contributed by atoms with Gasteiger partial charge in [0, 0.05) is 12.1 Å². The molecule has 0 bridgehead atoms. The summed E-state index contributed by atoms with van der Waals surface area (Å²) in [5.74, 6) is 0.397. The summed E-state index contributed by atoms with van der Waals surface area (Å²) >= 11 is 6.11. The lowest BCUT2D eigenvalue weighted by molar-refractivity contribution is -0.918. The molecule has 1 fully saturated rings. The van der Waals surface area contributed by atoms with Crippen LogP contribution in [0.2, 0.25) is 5.02 Å². The summed E-state index contributed by atoms with van der Waals surface area (Å²) in [5.41, 5.74) is 3.54. The Kier molecular flexibility index (Phi) is 7.13. The van der Waals surface area contributed by atoms with Crippen molar-refractivity contribution in [2.24, 2.45) is 0 Å². The number of hydrogen-bond donors (Lipinski definition) is 2. The summed E-state index contributed by atoms with van der Waals surface area (Å²) in [6.07, 6.45) is 3.98. The molecule has 27 heavy (non-hydrogen) atoms. The fourth-order valence-electron chi connectivity index (χ4n) is 3.51. The molecule has 0 spiro atoms. The molecule has 5 heteroatoms. The fourth-order valence-corrected chi connectivity index (χ4v) is 3.68. The zero-order valence-corrected chi connectivity index (χ0v) is 16.6. The SMILES string of the molecule is Cc1ccc(Cl)c(OCC(=O)NCc2ccccc2C[NH+]2CCCCC2)c1. The molecule has 4 nitrogen and oxygen atoms in total. The zero-order valence-electron chi connectivity index (χ0n) is 15.9. The van der Waals surface area contributed by atoms with Crippen molar-refractivity contribution in [2.75, 3.05) is 19.7 Å². The third kappa shape index (κ3) is 5.98. The molecule has 2 aromatic carbocycles. The van der Waals surface area contributed by atoms with Gasteiger partial charge in [0.1, 0.15) is 12.3 Å². The standard InChI is InChI=1S/C22H27ClN2O2/c1-17-9-10-20(23)21(13-17)27-16-22(26)24-14-18-7-3-4-8-19(18)15-25-11-5-2-6-12-25/h3-4,7-10,13H,2,5-6,11-12,14-16H2,1H3,(H,24,26)/p+1. The first-order chi connectivity index (χ1) is 13.1. The Morgan fingerprint density at radius 1 is 1.11 bits per heavy atom. The van der Waals surface area contributed by atoms with E-state index in [0.29, 0.717) is 17.3 Å². The Morgan fingerprint density at radius 2 is 1.85 bits per heavy atom. The molecule has 2 N–H and O–H groups in total. The first-order valence-electron chi connectivity index (χ1n) is 9.68. The highest BCUT2D eigenvalue weighted by atomic mass is 35.5. The van der Waals surface area contributed by atoms with Crippen molar-refractivity contribution in [3.63, 3.8) is 0 Å². The number of likely N-dealkylation sites (tertiary alicyclic amines) is 1. The maximum Gasteiger partial charge on any atom is 0.258 e. The Morgan fingerprint density at radius 3 is 2.63 bits per heavy atom. The van der Waals surface area contributed by atoms with Gasteiger partial charge in [-0.1, -0.05) is 41.9 Å². The lowest BCUT2D eigenvalue weighted by Gasteiger charge is -2.24. The van der Waals surface area contributed by atoms with Gasteiger partial charge in [-0.25, -0.2) is 0 Å². The molecule has 0 aromatic heterocycles. The first kappa shape index (κ1) is 19.7. The molecule has 0 unspecified atom stereocenters. The van der Waals surface area contributed by atoms with Gasteiger partial charge in [-0.15, -0.1) is 0 Å². The number of carbonyl (C=O) groups excluding carboxylic acids is 1. The summed E-state index contributed by atoms with van der Waals surface area (Å²) in [7, 11) is 0. The van der Waals surface area contributed by atoms with Gasteiger partial charge in [-0.3, -0.25) is 4.79 Å². The van der Waals surface area contributed by atoms with Crippen molar-refractivity contribution < 1.29 is 14.4 Å². The zero-order chi connectivity index (χ0) is 19.1. The van der Waals surface area contributed by atoms with E-state index in [0.717, 1.165) is 12.1 Å². The summed E-state index contributed by atoms with van der Waals surface area (Å²) in [6, 6.07) is 13.9. The van der Waals surface area contributed by atoms with Gasteiger partial charge in [-0.05, 0) is 49.4 Å². The van der Waals surface area contributed by atoms with E-state index in [2.05, 4.69) is 23.5 Å². The number of hydrogen-bond acceptors (Lipinski definition) is 2. The van der Waals surface area contributed by atoms with Crippen LogP contribution in [0.25, 0.3) is 0 Å². The number of aryl methyl sites for hydroxylation is 1. The van der Waals surface area contributed by atoms with Crippen LogP contribution in [0.4, 0.5) is 0 Å². The third-order valence-electron chi connectivity index (χ3n) is 5.04. The minimum absolute atomic E-state index is 0.0390. The van der Waals surface area contributed by atoms with E-state index in [1.165, 1.54) is 43.5 Å². The van der Waals surface area contributed by atoms with Crippen LogP contribution in [-0.4, -0.2) is 25.6 Å². The van der Waals surface area contributed by atoms with Crippen molar-refractivity contribution in [3.05, 3.63) is 64.2 Å². The molecule has 0 saturated carbocycles. The van der Waals surface area contributed by atoms with Crippen LogP contribution in [-0.2, 0) is 17.9 Å². The number of quaternary nitrogens is 1. The van der Waals surface area contributed by atoms with Crippen molar-refractivity contribution in [1.29, 1.82) is 0 Å². The average Bonchev–Trinajstić information content (AvgIpc) is 2.69. The van der Waals surface area contributed by atoms with E-state index >= 15 is 0 Å². The van der Waals surface area contributed by atoms with Crippen molar-refractivity contribution in [1.82, 2.24) is 5.32 Å². The van der Waals surface area contributed by atoms with E-state index < -0.39 is 0 Å². The number of amides is 1. The Balaban J connectivity index is 1.52. The van der Waals surface area contributed by atoms with Gasteiger partial charge in [0.15, 0.2) is 6.61 Å². The molecular weight excluding hydrogens is 360 g/mol. The van der Waals surface area contributed by atoms with Crippen molar-refractivity contribution in [3.8, 4) is 5.75 Å². The smallest absolute Gasteiger partial charge is 0.258 e. The van der Waals surface area contributed by atoms with Crippen LogP contribution in [0.3, 0.4) is 0 Å². The van der Waals surface area contributed by atoms with Crippen molar-refractivity contribution in [2.45, 2.75) is 39.3 Å². The molecule has 1 heterocycles. The number of rotatable bonds is 7. The van der Waals surface area contributed by atoms with Gasteiger partial charge in [0.05, 0.1) is 18.1 Å². The predicted octanol–water partition coefficient (Wildman–Crippen LogP) is 2.91. The molecule has 1 aliphatic rings. The number of piperidine rings is 1. The van der Waals surface area contributed by atoms with Gasteiger partial charge in [0.2, 0.25) is 0 Å². The van der Waals surface area contributed by atoms with Crippen LogP contribution in [0.1, 0.15) is 36.0 Å². The predicted molar refractivity (Wildman–Crippen MR) is 108 cm³/mol. The van der Waals surface area contributed by atoms with E-state index in [4.69, 9.17) is 16.3 Å². The highest BCUT2D eigenvalue weighted by Gasteiger charge is 2.16. The number of carbonyl (C=O) groups is 1. The third-order valence-corrected chi connectivity index (χ3v) is 5.35. The molecule has 144 valence electrons. The largest absolute Gasteiger partial charge is 0.482 e. The van der Waals surface area contributed by atoms with E-state index in [9.17, 15) is 4.79 Å². The molecule has 1 amide bonds. The summed E-state index contributed by atoms with van der Waals surface area (Å²) in [4.78, 5) is 13.8. The average molecular weight is 388 g/mol. The van der Waals surface area contributed by atoms with Crippen molar-refractivity contribution >= 4 is 17.5 Å². The molecule has 1 aliphatic heterocycles. The Hall–Kier alpha value is -2.04. The van der Waals surface area contributed by atoms with Crippen LogP contribution in [0.15, 0.2) is 42.5 Å². The Labute approximate surface area is 166 Å². The number of halogens is 1. The topological polar surface area (TPSA) is 42.8 Å². The lowest BCUT2D eigenvalue weighted by Crippen LogP contribution is -3.11. The van der Waals surface area contributed by atoms with Crippen LogP contribution >= 0.6 is 11.6 Å². The van der Waals surface area contributed by atoms with Gasteiger partial charge in [-0.2, -0.15) is 0 Å². The number of nitrogens with one attached hydrogen (secondary N) is 2. The molecule has 2 aromatic rings. The molecule has 0 atom stereocenters. The molecular formula is C22H28ClN2O2+. The second-order valence-electron chi connectivity index (χ2n) is 7.26. The first-order valence-corrected chi connectivity index (χ1v) is 10.1. The second-order valence-corrected chi connectivity index (χ2v) is 7.66. The van der Waals surface area contributed by atoms with E-state index in [1.807, 2.05) is 25.1 Å². The van der Waals surface area contributed by atoms with Crippen LogP contribution in [0.5, 0.6) is 5.75 Å². The van der Waals surface area contributed by atoms with E-state index in [-0.39, 0.29) is 12.5 Å². The maximum absolute atomic E-state index is 12.2.